The first-order valence-electron chi connectivity index (χ1n) is 12.1. The number of hydrogen-bond acceptors (Lipinski definition) is 8. The van der Waals surface area contributed by atoms with E-state index in [2.05, 4.69) is 25.2 Å². The molecule has 0 atom stereocenters. The zero-order chi connectivity index (χ0) is 25.7. The highest BCUT2D eigenvalue weighted by atomic mass is 32.1. The van der Waals surface area contributed by atoms with E-state index in [0.717, 1.165) is 49.8 Å². The summed E-state index contributed by atoms with van der Waals surface area (Å²) >= 11 is 1.41. The summed E-state index contributed by atoms with van der Waals surface area (Å²) in [5, 5.41) is 12.4. The summed E-state index contributed by atoms with van der Waals surface area (Å²) < 4.78 is 42.9. The van der Waals surface area contributed by atoms with Gasteiger partial charge < -0.3 is 15.0 Å². The monoisotopic (exact) mass is 525 g/mol. The van der Waals surface area contributed by atoms with E-state index in [9.17, 15) is 22.8 Å². The smallest absolute Gasteiger partial charge is 0.404 e. The predicted molar refractivity (Wildman–Crippen MR) is 129 cm³/mol. The number of ketones is 1. The SMILES string of the molecule is CN1CCN(CC(=O)Nc2cc(C(=O)Cc3nnc(C4CCCCC4)s3)ccc2OC(F)(F)F)CC1. The molecule has 2 aliphatic rings. The number of alkyl halides is 3. The standard InChI is InChI=1S/C24H30F3N5O3S/c1-31-9-11-32(12-10-31)15-21(34)28-18-13-17(7-8-20(18)35-24(25,26)27)19(33)14-22-29-30-23(36-22)16-5-3-2-4-6-16/h7-8,13,16H,2-6,9-12,14-15H2,1H3,(H,28,34). The molecule has 1 aromatic carbocycles. The Morgan fingerprint density at radius 2 is 1.83 bits per heavy atom. The third kappa shape index (κ3) is 7.47. The van der Waals surface area contributed by atoms with Gasteiger partial charge in [-0.15, -0.1) is 34.7 Å². The molecule has 8 nitrogen and oxygen atoms in total. The molecule has 2 heterocycles. The first-order valence-corrected chi connectivity index (χ1v) is 12.9. The molecule has 1 aromatic heterocycles. The third-order valence-corrected chi connectivity index (χ3v) is 7.60. The first kappa shape index (κ1) is 26.5. The Morgan fingerprint density at radius 1 is 1.11 bits per heavy atom. The lowest BCUT2D eigenvalue weighted by Gasteiger charge is -2.31. The number of likely N-dealkylation sites (N-methyl/N-ethyl adjacent to an activating group) is 1. The summed E-state index contributed by atoms with van der Waals surface area (Å²) in [4.78, 5) is 29.6. The number of nitrogens with one attached hydrogen (secondary N) is 1. The van der Waals surface area contributed by atoms with Crippen molar-refractivity contribution in [3.8, 4) is 5.75 Å². The van der Waals surface area contributed by atoms with Crippen LogP contribution in [0.25, 0.3) is 0 Å². The molecule has 0 bridgehead atoms. The van der Waals surface area contributed by atoms with Crippen LogP contribution < -0.4 is 10.1 Å². The van der Waals surface area contributed by atoms with E-state index in [1.807, 2.05) is 11.9 Å². The lowest BCUT2D eigenvalue weighted by molar-refractivity contribution is -0.274. The Morgan fingerprint density at radius 3 is 2.53 bits per heavy atom. The summed E-state index contributed by atoms with van der Waals surface area (Å²) in [6, 6.07) is 3.55. The second-order valence-electron chi connectivity index (χ2n) is 9.36. The van der Waals surface area contributed by atoms with Crippen LogP contribution in [-0.2, 0) is 11.2 Å². The molecule has 1 aliphatic heterocycles. The number of benzene rings is 1. The van der Waals surface area contributed by atoms with Gasteiger partial charge in [0, 0.05) is 37.7 Å². The van der Waals surface area contributed by atoms with Gasteiger partial charge in [0.25, 0.3) is 0 Å². The van der Waals surface area contributed by atoms with Crippen molar-refractivity contribution >= 4 is 28.7 Å². The van der Waals surface area contributed by atoms with Crippen LogP contribution in [0.4, 0.5) is 18.9 Å². The maximum Gasteiger partial charge on any atom is 0.573 e. The van der Waals surface area contributed by atoms with Gasteiger partial charge in [0.1, 0.15) is 10.0 Å². The average Bonchev–Trinajstić information content (AvgIpc) is 3.30. The van der Waals surface area contributed by atoms with Crippen molar-refractivity contribution in [2.75, 3.05) is 45.1 Å². The average molecular weight is 526 g/mol. The van der Waals surface area contributed by atoms with Gasteiger partial charge in [0.15, 0.2) is 11.5 Å². The molecular weight excluding hydrogens is 495 g/mol. The van der Waals surface area contributed by atoms with Gasteiger partial charge >= 0.3 is 6.36 Å². The van der Waals surface area contributed by atoms with Gasteiger partial charge in [0.05, 0.1) is 18.7 Å². The quantitative estimate of drug-likeness (QED) is 0.520. The molecule has 1 saturated heterocycles. The van der Waals surface area contributed by atoms with Crippen LogP contribution >= 0.6 is 11.3 Å². The van der Waals surface area contributed by atoms with Crippen LogP contribution in [0.1, 0.15) is 58.4 Å². The lowest BCUT2D eigenvalue weighted by Crippen LogP contribution is -2.47. The van der Waals surface area contributed by atoms with Crippen molar-refractivity contribution in [3.05, 3.63) is 33.8 Å². The molecule has 2 aromatic rings. The minimum Gasteiger partial charge on any atom is -0.404 e. The number of nitrogens with zero attached hydrogens (tertiary/aromatic N) is 4. The van der Waals surface area contributed by atoms with E-state index >= 15 is 0 Å². The molecule has 0 unspecified atom stereocenters. The van der Waals surface area contributed by atoms with Gasteiger partial charge in [-0.05, 0) is 38.1 Å². The minimum atomic E-state index is -4.94. The molecule has 1 saturated carbocycles. The summed E-state index contributed by atoms with van der Waals surface area (Å²) in [7, 11) is 1.99. The fourth-order valence-corrected chi connectivity index (χ4v) is 5.52. The van der Waals surface area contributed by atoms with E-state index in [1.54, 1.807) is 0 Å². The topological polar surface area (TPSA) is 87.7 Å². The molecule has 0 spiro atoms. The van der Waals surface area contributed by atoms with Crippen LogP contribution in [-0.4, -0.2) is 77.8 Å². The normalized spacial score (nSPS) is 18.2. The highest BCUT2D eigenvalue weighted by Gasteiger charge is 2.33. The van der Waals surface area contributed by atoms with Crippen LogP contribution in [0.2, 0.25) is 0 Å². The lowest BCUT2D eigenvalue weighted by atomic mass is 9.90. The number of hydrogen-bond donors (Lipinski definition) is 1. The zero-order valence-corrected chi connectivity index (χ0v) is 21.0. The Balaban J connectivity index is 1.45. The number of halogens is 3. The molecular formula is C24H30F3N5O3S. The van der Waals surface area contributed by atoms with Crippen molar-refractivity contribution in [2.24, 2.45) is 0 Å². The number of anilines is 1. The molecule has 4 rings (SSSR count). The van der Waals surface area contributed by atoms with E-state index in [0.29, 0.717) is 24.0 Å². The van der Waals surface area contributed by atoms with E-state index in [4.69, 9.17) is 0 Å². The predicted octanol–water partition coefficient (Wildman–Crippen LogP) is 4.10. The number of ether oxygens (including phenoxy) is 1. The molecule has 2 fully saturated rings. The largest absolute Gasteiger partial charge is 0.573 e. The highest BCUT2D eigenvalue weighted by molar-refractivity contribution is 7.11. The van der Waals surface area contributed by atoms with E-state index in [1.165, 1.54) is 29.9 Å². The van der Waals surface area contributed by atoms with Crippen LogP contribution in [0.5, 0.6) is 5.75 Å². The van der Waals surface area contributed by atoms with Gasteiger partial charge in [-0.1, -0.05) is 19.3 Å². The number of rotatable bonds is 8. The number of carbonyl (C=O) groups is 2. The second kappa shape index (κ2) is 11.7. The Labute approximate surface area is 211 Å². The van der Waals surface area contributed by atoms with Crippen molar-refractivity contribution in [1.29, 1.82) is 0 Å². The number of Topliss-reactive ketones (excluding diaryl/α,β-unsaturated/α-hetero) is 1. The molecule has 196 valence electrons. The first-order chi connectivity index (χ1) is 17.2. The van der Waals surface area contributed by atoms with Crippen LogP contribution in [0, 0.1) is 0 Å². The van der Waals surface area contributed by atoms with Gasteiger partial charge in [-0.3, -0.25) is 14.5 Å². The molecule has 36 heavy (non-hydrogen) atoms. The third-order valence-electron chi connectivity index (χ3n) is 6.51. The van der Waals surface area contributed by atoms with Gasteiger partial charge in [-0.25, -0.2) is 0 Å². The second-order valence-corrected chi connectivity index (χ2v) is 10.4. The van der Waals surface area contributed by atoms with Crippen LogP contribution in [0.15, 0.2) is 18.2 Å². The number of piperazine rings is 1. The fraction of sp³-hybridized carbons (Fsp3) is 0.583. The number of aromatic nitrogens is 2. The Kier molecular flexibility index (Phi) is 8.58. The van der Waals surface area contributed by atoms with E-state index in [-0.39, 0.29) is 30.0 Å². The van der Waals surface area contributed by atoms with Crippen molar-refractivity contribution in [2.45, 2.75) is 50.8 Å². The van der Waals surface area contributed by atoms with Crippen molar-refractivity contribution < 1.29 is 27.5 Å². The maximum absolute atomic E-state index is 12.9. The minimum absolute atomic E-state index is 0.0153. The molecule has 12 heteroatoms. The maximum atomic E-state index is 12.9. The zero-order valence-electron chi connectivity index (χ0n) is 20.1. The molecule has 1 N–H and O–H groups in total. The summed E-state index contributed by atoms with van der Waals surface area (Å²) in [6.45, 7) is 2.99. The van der Waals surface area contributed by atoms with Crippen molar-refractivity contribution in [3.63, 3.8) is 0 Å². The van der Waals surface area contributed by atoms with Gasteiger partial charge in [-0.2, -0.15) is 0 Å². The molecule has 0 radical (unpaired) electrons. The van der Waals surface area contributed by atoms with E-state index < -0.39 is 18.0 Å². The number of amides is 1. The number of carbonyl (C=O) groups excluding carboxylic acids is 2. The highest BCUT2D eigenvalue weighted by Crippen LogP contribution is 2.35. The van der Waals surface area contributed by atoms with Crippen molar-refractivity contribution in [1.82, 2.24) is 20.0 Å². The molecule has 1 aliphatic carbocycles. The Hall–Kier alpha value is -2.57. The van der Waals surface area contributed by atoms with Crippen LogP contribution in [0.3, 0.4) is 0 Å². The summed E-state index contributed by atoms with van der Waals surface area (Å²) in [5.41, 5.74) is -0.0358. The molecule has 1 amide bonds. The fourth-order valence-electron chi connectivity index (χ4n) is 4.51. The summed E-state index contributed by atoms with van der Waals surface area (Å²) in [5.74, 6) is -0.991. The van der Waals surface area contributed by atoms with Gasteiger partial charge in [0.2, 0.25) is 5.91 Å². The Bertz CT molecular complexity index is 1060. The summed E-state index contributed by atoms with van der Waals surface area (Å²) in [6.07, 6.45) is 0.731.